The summed E-state index contributed by atoms with van der Waals surface area (Å²) >= 11 is 1.35. The Morgan fingerprint density at radius 1 is 0.935 bits per heavy atom. The maximum Gasteiger partial charge on any atom is 0.230 e. The molecule has 1 amide bonds. The Morgan fingerprint density at radius 2 is 1.45 bits per heavy atom. The van der Waals surface area contributed by atoms with Gasteiger partial charge in [0.15, 0.2) is 0 Å². The van der Waals surface area contributed by atoms with Gasteiger partial charge in [-0.25, -0.2) is 4.98 Å². The number of nitrogens with zero attached hydrogens (tertiary/aromatic N) is 2. The molecule has 0 aliphatic carbocycles. The highest BCUT2D eigenvalue weighted by Crippen LogP contribution is 2.23. The average molecular weight is 446 g/mol. The molecule has 1 heterocycles. The van der Waals surface area contributed by atoms with E-state index in [0.29, 0.717) is 16.3 Å². The van der Waals surface area contributed by atoms with E-state index >= 15 is 0 Å². The highest BCUT2D eigenvalue weighted by atomic mass is 32.2. The number of hydrogen-bond donors (Lipinski definition) is 1. The van der Waals surface area contributed by atoms with Gasteiger partial charge in [-0.2, -0.15) is 5.26 Å². The van der Waals surface area contributed by atoms with Gasteiger partial charge in [0.1, 0.15) is 11.1 Å². The van der Waals surface area contributed by atoms with Crippen molar-refractivity contribution in [3.05, 3.63) is 22.9 Å². The maximum atomic E-state index is 12.1. The first-order valence-electron chi connectivity index (χ1n) is 12.4. The third-order valence-corrected chi connectivity index (χ3v) is 6.59. The quantitative estimate of drug-likeness (QED) is 0.191. The van der Waals surface area contributed by atoms with Crippen LogP contribution in [0.2, 0.25) is 0 Å². The van der Waals surface area contributed by atoms with E-state index in [1.165, 1.54) is 95.2 Å². The Morgan fingerprint density at radius 3 is 1.97 bits per heavy atom. The van der Waals surface area contributed by atoms with Crippen LogP contribution < -0.4 is 5.32 Å². The van der Waals surface area contributed by atoms with E-state index in [1.54, 1.807) is 0 Å². The number of nitrogens with one attached hydrogen (secondary N) is 1. The topological polar surface area (TPSA) is 65.8 Å². The number of nitriles is 1. The molecule has 0 aliphatic rings. The van der Waals surface area contributed by atoms with Crippen LogP contribution in [-0.2, 0) is 4.79 Å². The van der Waals surface area contributed by atoms with E-state index in [1.807, 2.05) is 19.9 Å². The van der Waals surface area contributed by atoms with Crippen molar-refractivity contribution >= 4 is 17.7 Å². The van der Waals surface area contributed by atoms with Gasteiger partial charge in [0.2, 0.25) is 5.91 Å². The van der Waals surface area contributed by atoms with Crippen LogP contribution >= 0.6 is 11.8 Å². The summed E-state index contributed by atoms with van der Waals surface area (Å²) < 4.78 is 0. The number of amides is 1. The predicted molar refractivity (Wildman–Crippen MR) is 132 cm³/mol. The minimum atomic E-state index is 0.0181. The summed E-state index contributed by atoms with van der Waals surface area (Å²) in [6.45, 7) is 6.83. The van der Waals surface area contributed by atoms with Gasteiger partial charge in [0, 0.05) is 12.2 Å². The standard InChI is InChI=1S/C26H43N3OS/c1-4-5-6-7-8-9-10-11-12-13-14-15-16-17-18-28-25(30)21-31-26-24(20-27)22(2)19-23(3)29-26/h19H,4-18,21H2,1-3H3,(H,28,30). The molecular formula is C26H43N3OS. The zero-order valence-electron chi connectivity index (χ0n) is 20.1. The van der Waals surface area contributed by atoms with Gasteiger partial charge in [0.05, 0.1) is 11.3 Å². The van der Waals surface area contributed by atoms with E-state index < -0.39 is 0 Å². The molecule has 0 fully saturated rings. The van der Waals surface area contributed by atoms with Crippen LogP contribution in [-0.4, -0.2) is 23.2 Å². The van der Waals surface area contributed by atoms with Gasteiger partial charge >= 0.3 is 0 Å². The first kappa shape index (κ1) is 27.5. The van der Waals surface area contributed by atoms with Crippen molar-refractivity contribution in [2.75, 3.05) is 12.3 Å². The van der Waals surface area contributed by atoms with Crippen molar-refractivity contribution in [2.45, 2.75) is 116 Å². The van der Waals surface area contributed by atoms with Crippen molar-refractivity contribution in [1.29, 1.82) is 5.26 Å². The number of pyridine rings is 1. The zero-order chi connectivity index (χ0) is 22.7. The Kier molecular flexibility index (Phi) is 16.0. The van der Waals surface area contributed by atoms with E-state index in [9.17, 15) is 10.1 Å². The number of aryl methyl sites for hydroxylation is 2. The molecule has 31 heavy (non-hydrogen) atoms. The van der Waals surface area contributed by atoms with Crippen LogP contribution in [0.15, 0.2) is 11.1 Å². The molecular weight excluding hydrogens is 402 g/mol. The lowest BCUT2D eigenvalue weighted by Crippen LogP contribution is -2.26. The fraction of sp³-hybridized carbons (Fsp3) is 0.731. The van der Waals surface area contributed by atoms with Crippen molar-refractivity contribution in [3.8, 4) is 6.07 Å². The predicted octanol–water partition coefficient (Wildman–Crippen LogP) is 7.26. The minimum absolute atomic E-state index is 0.0181. The molecule has 0 unspecified atom stereocenters. The molecule has 0 aliphatic heterocycles. The normalized spacial score (nSPS) is 10.8. The van der Waals surface area contributed by atoms with E-state index in [4.69, 9.17) is 0 Å². The molecule has 0 aromatic carbocycles. The highest BCUT2D eigenvalue weighted by Gasteiger charge is 2.11. The molecule has 1 aromatic heterocycles. The lowest BCUT2D eigenvalue weighted by molar-refractivity contribution is -0.118. The minimum Gasteiger partial charge on any atom is -0.355 e. The molecule has 0 radical (unpaired) electrons. The number of thioether (sulfide) groups is 1. The molecule has 4 nitrogen and oxygen atoms in total. The largest absolute Gasteiger partial charge is 0.355 e. The average Bonchev–Trinajstić information content (AvgIpc) is 2.74. The first-order valence-corrected chi connectivity index (χ1v) is 13.3. The number of rotatable bonds is 18. The summed E-state index contributed by atoms with van der Waals surface area (Å²) in [5, 5.41) is 13.0. The Bertz CT molecular complexity index is 669. The third kappa shape index (κ3) is 13.5. The van der Waals surface area contributed by atoms with Crippen molar-refractivity contribution < 1.29 is 4.79 Å². The third-order valence-electron chi connectivity index (χ3n) is 5.62. The van der Waals surface area contributed by atoms with Crippen LogP contribution in [0.25, 0.3) is 0 Å². The lowest BCUT2D eigenvalue weighted by Gasteiger charge is -2.08. The van der Waals surface area contributed by atoms with E-state index in [2.05, 4.69) is 23.3 Å². The number of carbonyl (C=O) groups excluding carboxylic acids is 1. The van der Waals surface area contributed by atoms with E-state index in [0.717, 1.165) is 24.2 Å². The van der Waals surface area contributed by atoms with Crippen LogP contribution in [0.1, 0.15) is 114 Å². The summed E-state index contributed by atoms with van der Waals surface area (Å²) in [5.41, 5.74) is 2.37. The van der Waals surface area contributed by atoms with Crippen molar-refractivity contribution in [2.24, 2.45) is 0 Å². The second-order valence-corrected chi connectivity index (χ2v) is 9.57. The molecule has 0 atom stereocenters. The van der Waals surface area contributed by atoms with Gasteiger partial charge < -0.3 is 5.32 Å². The van der Waals surface area contributed by atoms with Crippen molar-refractivity contribution in [1.82, 2.24) is 10.3 Å². The molecule has 0 bridgehead atoms. The summed E-state index contributed by atoms with van der Waals surface area (Å²) in [6.07, 6.45) is 18.7. The molecule has 0 spiro atoms. The highest BCUT2D eigenvalue weighted by molar-refractivity contribution is 8.00. The number of aromatic nitrogens is 1. The summed E-state index contributed by atoms with van der Waals surface area (Å²) in [7, 11) is 0. The van der Waals surface area contributed by atoms with Crippen LogP contribution in [0.5, 0.6) is 0 Å². The number of unbranched alkanes of at least 4 members (excludes halogenated alkanes) is 13. The molecule has 1 rings (SSSR count). The zero-order valence-corrected chi connectivity index (χ0v) is 20.9. The van der Waals surface area contributed by atoms with Gasteiger partial charge in [-0.05, 0) is 31.9 Å². The van der Waals surface area contributed by atoms with E-state index in [-0.39, 0.29) is 5.91 Å². The monoisotopic (exact) mass is 445 g/mol. The van der Waals surface area contributed by atoms with Gasteiger partial charge in [0.25, 0.3) is 0 Å². The molecule has 5 heteroatoms. The Labute approximate surface area is 195 Å². The Hall–Kier alpha value is -1.54. The molecule has 174 valence electrons. The van der Waals surface area contributed by atoms with Gasteiger partial charge in [-0.15, -0.1) is 0 Å². The molecule has 0 saturated heterocycles. The van der Waals surface area contributed by atoms with Gasteiger partial charge in [-0.1, -0.05) is 102 Å². The van der Waals surface area contributed by atoms with Crippen LogP contribution in [0.4, 0.5) is 0 Å². The molecule has 1 N–H and O–H groups in total. The second kappa shape index (κ2) is 18.1. The fourth-order valence-electron chi connectivity index (χ4n) is 3.78. The first-order chi connectivity index (χ1) is 15.1. The fourth-order valence-corrected chi connectivity index (χ4v) is 4.70. The summed E-state index contributed by atoms with van der Waals surface area (Å²) in [4.78, 5) is 16.5. The second-order valence-electron chi connectivity index (χ2n) is 8.61. The van der Waals surface area contributed by atoms with Crippen LogP contribution in [0, 0.1) is 25.2 Å². The SMILES string of the molecule is CCCCCCCCCCCCCCCCNC(=O)CSc1nc(C)cc(C)c1C#N. The number of hydrogen-bond acceptors (Lipinski definition) is 4. The maximum absolute atomic E-state index is 12.1. The Balaban J connectivity index is 1.96. The smallest absolute Gasteiger partial charge is 0.230 e. The molecule has 0 saturated carbocycles. The summed E-state index contributed by atoms with van der Waals surface area (Å²) in [5.74, 6) is 0.327. The van der Waals surface area contributed by atoms with Crippen molar-refractivity contribution in [3.63, 3.8) is 0 Å². The number of carbonyl (C=O) groups is 1. The van der Waals surface area contributed by atoms with Crippen LogP contribution in [0.3, 0.4) is 0 Å². The molecule has 1 aromatic rings. The lowest BCUT2D eigenvalue weighted by atomic mass is 10.0. The van der Waals surface area contributed by atoms with Gasteiger partial charge in [-0.3, -0.25) is 4.79 Å². The summed E-state index contributed by atoms with van der Waals surface area (Å²) in [6, 6.07) is 4.10.